The van der Waals surface area contributed by atoms with E-state index in [9.17, 15) is 9.59 Å². The van der Waals surface area contributed by atoms with E-state index in [2.05, 4.69) is 10.3 Å². The van der Waals surface area contributed by atoms with E-state index in [0.29, 0.717) is 16.5 Å². The number of rotatable bonds is 3. The topological polar surface area (TPSA) is 66.9 Å². The third kappa shape index (κ3) is 2.41. The van der Waals surface area contributed by atoms with Crippen LogP contribution in [0.4, 0.5) is 0 Å². The van der Waals surface area contributed by atoms with Crippen LogP contribution in [0.25, 0.3) is 10.9 Å². The standard InChI is InChI=1S/C17H17N3O2/c1-11(12-6-4-3-5-7-12)19-16(21)14-10-20(2)17(22)15-13(14)8-9-18-15/h3-11,18H,1-2H3,(H,19,21). The van der Waals surface area contributed by atoms with Crippen molar-refractivity contribution in [2.75, 3.05) is 0 Å². The lowest BCUT2D eigenvalue weighted by Crippen LogP contribution is -2.28. The Morgan fingerprint density at radius 3 is 2.68 bits per heavy atom. The SMILES string of the molecule is CC(NC(=O)c1cn(C)c(=O)c2[nH]ccc12)c1ccccc1. The van der Waals surface area contributed by atoms with Crippen LogP contribution in [0.15, 0.2) is 53.6 Å². The van der Waals surface area contributed by atoms with Gasteiger partial charge in [0.15, 0.2) is 0 Å². The van der Waals surface area contributed by atoms with Crippen molar-refractivity contribution in [3.05, 3.63) is 70.3 Å². The minimum atomic E-state index is -0.198. The first kappa shape index (κ1) is 14.1. The normalized spacial score (nSPS) is 12.3. The maximum atomic E-state index is 12.6. The first-order chi connectivity index (χ1) is 10.6. The Morgan fingerprint density at radius 2 is 1.95 bits per heavy atom. The molecule has 5 heteroatoms. The number of fused-ring (bicyclic) bond motifs is 1. The quantitative estimate of drug-likeness (QED) is 0.779. The van der Waals surface area contributed by atoms with Crippen molar-refractivity contribution in [2.24, 2.45) is 7.05 Å². The first-order valence-electron chi connectivity index (χ1n) is 7.10. The highest BCUT2D eigenvalue weighted by molar-refractivity contribution is 6.06. The second kappa shape index (κ2) is 5.52. The van der Waals surface area contributed by atoms with Crippen molar-refractivity contribution in [3.63, 3.8) is 0 Å². The fourth-order valence-corrected chi connectivity index (χ4v) is 2.55. The van der Waals surface area contributed by atoms with Gasteiger partial charge >= 0.3 is 0 Å². The summed E-state index contributed by atoms with van der Waals surface area (Å²) < 4.78 is 1.42. The van der Waals surface area contributed by atoms with Crippen LogP contribution >= 0.6 is 0 Å². The van der Waals surface area contributed by atoms with Crippen LogP contribution in [-0.4, -0.2) is 15.5 Å². The van der Waals surface area contributed by atoms with Gasteiger partial charge < -0.3 is 14.9 Å². The highest BCUT2D eigenvalue weighted by Crippen LogP contribution is 2.17. The van der Waals surface area contributed by atoms with Crippen LogP contribution < -0.4 is 10.9 Å². The van der Waals surface area contributed by atoms with E-state index >= 15 is 0 Å². The molecule has 5 nitrogen and oxygen atoms in total. The number of carbonyl (C=O) groups is 1. The van der Waals surface area contributed by atoms with E-state index in [-0.39, 0.29) is 17.5 Å². The van der Waals surface area contributed by atoms with Crippen molar-refractivity contribution in [2.45, 2.75) is 13.0 Å². The second-order valence-electron chi connectivity index (χ2n) is 5.33. The van der Waals surface area contributed by atoms with Gasteiger partial charge in [-0.05, 0) is 18.6 Å². The van der Waals surface area contributed by atoms with Crippen LogP contribution in [-0.2, 0) is 7.05 Å². The van der Waals surface area contributed by atoms with Gasteiger partial charge in [0, 0.05) is 24.8 Å². The molecule has 0 spiro atoms. The summed E-state index contributed by atoms with van der Waals surface area (Å²) in [6.07, 6.45) is 3.25. The van der Waals surface area contributed by atoms with Crippen molar-refractivity contribution in [1.82, 2.24) is 14.9 Å². The predicted molar refractivity (Wildman–Crippen MR) is 85.9 cm³/mol. The van der Waals surface area contributed by atoms with Gasteiger partial charge in [0.1, 0.15) is 5.52 Å². The third-order valence-electron chi connectivity index (χ3n) is 3.79. The molecule has 0 aliphatic carbocycles. The molecule has 0 radical (unpaired) electrons. The van der Waals surface area contributed by atoms with Gasteiger partial charge in [-0.25, -0.2) is 0 Å². The third-order valence-corrected chi connectivity index (χ3v) is 3.79. The van der Waals surface area contributed by atoms with Crippen molar-refractivity contribution >= 4 is 16.8 Å². The number of pyridine rings is 1. The van der Waals surface area contributed by atoms with Crippen molar-refractivity contribution in [3.8, 4) is 0 Å². The smallest absolute Gasteiger partial charge is 0.274 e. The number of hydrogen-bond donors (Lipinski definition) is 2. The molecule has 0 saturated carbocycles. The summed E-state index contributed by atoms with van der Waals surface area (Å²) in [5.74, 6) is -0.198. The maximum absolute atomic E-state index is 12.6. The molecular weight excluding hydrogens is 278 g/mol. The zero-order valence-electron chi connectivity index (χ0n) is 12.5. The molecule has 1 aromatic carbocycles. The Balaban J connectivity index is 1.95. The van der Waals surface area contributed by atoms with Crippen molar-refractivity contribution in [1.29, 1.82) is 0 Å². The molecule has 0 saturated heterocycles. The highest BCUT2D eigenvalue weighted by Gasteiger charge is 2.16. The number of amides is 1. The molecule has 3 aromatic rings. The molecular formula is C17H17N3O2. The van der Waals surface area contributed by atoms with Gasteiger partial charge in [0.25, 0.3) is 11.5 Å². The molecule has 0 fully saturated rings. The summed E-state index contributed by atoms with van der Waals surface area (Å²) in [4.78, 5) is 27.5. The van der Waals surface area contributed by atoms with Crippen molar-refractivity contribution < 1.29 is 4.79 Å². The van der Waals surface area contributed by atoms with Gasteiger partial charge in [-0.3, -0.25) is 9.59 Å². The van der Waals surface area contributed by atoms with E-state index in [0.717, 1.165) is 5.56 Å². The van der Waals surface area contributed by atoms with Crippen LogP contribution in [0.1, 0.15) is 28.9 Å². The Hall–Kier alpha value is -2.82. The highest BCUT2D eigenvalue weighted by atomic mass is 16.2. The zero-order chi connectivity index (χ0) is 15.7. The second-order valence-corrected chi connectivity index (χ2v) is 5.33. The first-order valence-corrected chi connectivity index (χ1v) is 7.10. The molecule has 2 heterocycles. The number of aromatic nitrogens is 2. The molecule has 1 amide bonds. The number of aromatic amines is 1. The number of nitrogens with one attached hydrogen (secondary N) is 2. The van der Waals surface area contributed by atoms with E-state index in [1.807, 2.05) is 37.3 Å². The lowest BCUT2D eigenvalue weighted by Gasteiger charge is -2.15. The average molecular weight is 295 g/mol. The minimum Gasteiger partial charge on any atom is -0.357 e. The fraction of sp³-hybridized carbons (Fsp3) is 0.176. The fourth-order valence-electron chi connectivity index (χ4n) is 2.55. The minimum absolute atomic E-state index is 0.111. The summed E-state index contributed by atoms with van der Waals surface area (Å²) in [6.45, 7) is 1.93. The summed E-state index contributed by atoms with van der Waals surface area (Å²) in [7, 11) is 1.64. The van der Waals surface area contributed by atoms with Gasteiger partial charge in [0.2, 0.25) is 0 Å². The lowest BCUT2D eigenvalue weighted by atomic mass is 10.1. The lowest BCUT2D eigenvalue weighted by molar-refractivity contribution is 0.0941. The molecule has 112 valence electrons. The molecule has 0 aliphatic rings. The molecule has 22 heavy (non-hydrogen) atoms. The monoisotopic (exact) mass is 295 g/mol. The van der Waals surface area contributed by atoms with E-state index in [1.54, 1.807) is 25.5 Å². The maximum Gasteiger partial charge on any atom is 0.274 e. The summed E-state index contributed by atoms with van der Waals surface area (Å²) >= 11 is 0. The predicted octanol–water partition coefficient (Wildman–Crippen LogP) is 2.36. The molecule has 3 rings (SSSR count). The van der Waals surface area contributed by atoms with Gasteiger partial charge in [-0.1, -0.05) is 30.3 Å². The number of aryl methyl sites for hydroxylation is 1. The molecule has 1 atom stereocenters. The number of benzene rings is 1. The van der Waals surface area contributed by atoms with Gasteiger partial charge in [-0.15, -0.1) is 0 Å². The van der Waals surface area contributed by atoms with Gasteiger partial charge in [-0.2, -0.15) is 0 Å². The molecule has 2 aromatic heterocycles. The number of hydrogen-bond acceptors (Lipinski definition) is 2. The van der Waals surface area contributed by atoms with Crippen LogP contribution in [0.2, 0.25) is 0 Å². The van der Waals surface area contributed by atoms with Gasteiger partial charge in [0.05, 0.1) is 11.6 Å². The molecule has 2 N–H and O–H groups in total. The van der Waals surface area contributed by atoms with E-state index in [1.165, 1.54) is 4.57 Å². The van der Waals surface area contributed by atoms with E-state index < -0.39 is 0 Å². The Labute approximate surface area is 127 Å². The molecule has 1 unspecified atom stereocenters. The summed E-state index contributed by atoms with van der Waals surface area (Å²) in [6, 6.07) is 11.4. The summed E-state index contributed by atoms with van der Waals surface area (Å²) in [5.41, 5.74) is 1.82. The van der Waals surface area contributed by atoms with Crippen LogP contribution in [0, 0.1) is 0 Å². The largest absolute Gasteiger partial charge is 0.357 e. The molecule has 0 bridgehead atoms. The number of nitrogens with zero attached hydrogens (tertiary/aromatic N) is 1. The average Bonchev–Trinajstić information content (AvgIpc) is 3.01. The Bertz CT molecular complexity index is 878. The zero-order valence-corrected chi connectivity index (χ0v) is 12.5. The Kier molecular flexibility index (Phi) is 3.55. The summed E-state index contributed by atoms with van der Waals surface area (Å²) in [5, 5.41) is 3.61. The van der Waals surface area contributed by atoms with Crippen LogP contribution in [0.3, 0.4) is 0 Å². The number of H-pyrrole nitrogens is 1. The Morgan fingerprint density at radius 1 is 1.23 bits per heavy atom. The molecule has 0 aliphatic heterocycles. The van der Waals surface area contributed by atoms with Crippen LogP contribution in [0.5, 0.6) is 0 Å². The van der Waals surface area contributed by atoms with E-state index in [4.69, 9.17) is 0 Å². The number of carbonyl (C=O) groups excluding carboxylic acids is 1.